The Morgan fingerprint density at radius 2 is 2.00 bits per heavy atom. The smallest absolute Gasteiger partial charge is 0.339 e. The molecular formula is C21H20FN3O4. The zero-order valence-corrected chi connectivity index (χ0v) is 16.1. The minimum Gasteiger partial charge on any atom is -0.478 e. The van der Waals surface area contributed by atoms with Gasteiger partial charge in [-0.2, -0.15) is 5.10 Å². The molecule has 0 bridgehead atoms. The molecule has 1 amide bonds. The van der Waals surface area contributed by atoms with E-state index in [4.69, 9.17) is 9.52 Å². The molecule has 0 aliphatic heterocycles. The number of carbonyl (C=O) groups is 2. The molecule has 0 spiro atoms. The minimum atomic E-state index is -1.07. The van der Waals surface area contributed by atoms with Crippen LogP contribution >= 0.6 is 0 Å². The van der Waals surface area contributed by atoms with Crippen LogP contribution in [-0.4, -0.2) is 38.7 Å². The van der Waals surface area contributed by atoms with Crippen LogP contribution in [0.4, 0.5) is 4.39 Å². The Bertz CT molecular complexity index is 1100. The molecule has 3 aromatic rings. The normalized spacial score (nSPS) is 12.8. The van der Waals surface area contributed by atoms with Crippen LogP contribution in [-0.2, 0) is 19.4 Å². The molecule has 8 heteroatoms. The predicted octanol–water partition coefficient (Wildman–Crippen LogP) is 3.37. The molecule has 2 heterocycles. The van der Waals surface area contributed by atoms with E-state index >= 15 is 0 Å². The highest BCUT2D eigenvalue weighted by molar-refractivity contribution is 5.94. The zero-order chi connectivity index (χ0) is 20.7. The number of carbonyl (C=O) groups excluding carboxylic acids is 1. The number of aromatic carboxylic acids is 1. The van der Waals surface area contributed by atoms with E-state index in [-0.39, 0.29) is 23.8 Å². The molecule has 0 saturated carbocycles. The first-order chi connectivity index (χ1) is 13.8. The molecule has 2 aromatic heterocycles. The lowest BCUT2D eigenvalue weighted by molar-refractivity contribution is 0.0694. The van der Waals surface area contributed by atoms with E-state index in [0.29, 0.717) is 22.9 Å². The van der Waals surface area contributed by atoms with Gasteiger partial charge < -0.3 is 14.4 Å². The number of furan rings is 1. The SMILES string of the molecule is Cc1oc(CN(C)C(=O)c2nn(-c3ccc(F)cc3)c3c2CCC3)cc1C(=O)O. The van der Waals surface area contributed by atoms with Gasteiger partial charge in [-0.25, -0.2) is 13.9 Å². The maximum Gasteiger partial charge on any atom is 0.339 e. The maximum absolute atomic E-state index is 13.3. The van der Waals surface area contributed by atoms with E-state index in [2.05, 4.69) is 5.10 Å². The number of aromatic nitrogens is 2. The van der Waals surface area contributed by atoms with Crippen LogP contribution in [0.25, 0.3) is 5.69 Å². The lowest BCUT2D eigenvalue weighted by Gasteiger charge is -2.15. The summed E-state index contributed by atoms with van der Waals surface area (Å²) in [6, 6.07) is 7.44. The Hall–Kier alpha value is -3.42. The summed E-state index contributed by atoms with van der Waals surface area (Å²) >= 11 is 0. The van der Waals surface area contributed by atoms with Crippen LogP contribution in [0.3, 0.4) is 0 Å². The van der Waals surface area contributed by atoms with Crippen LogP contribution in [0, 0.1) is 12.7 Å². The topological polar surface area (TPSA) is 88.6 Å². The van der Waals surface area contributed by atoms with Crippen molar-refractivity contribution in [2.45, 2.75) is 32.7 Å². The molecule has 7 nitrogen and oxygen atoms in total. The second-order valence-electron chi connectivity index (χ2n) is 7.16. The highest BCUT2D eigenvalue weighted by Crippen LogP contribution is 2.29. The molecule has 0 atom stereocenters. The van der Waals surface area contributed by atoms with Gasteiger partial charge in [0.1, 0.15) is 22.9 Å². The molecule has 29 heavy (non-hydrogen) atoms. The third-order valence-corrected chi connectivity index (χ3v) is 5.14. The Labute approximate surface area is 166 Å². The van der Waals surface area contributed by atoms with E-state index in [1.54, 1.807) is 30.8 Å². The van der Waals surface area contributed by atoms with Crippen LogP contribution in [0.5, 0.6) is 0 Å². The summed E-state index contributed by atoms with van der Waals surface area (Å²) in [5.41, 5.74) is 3.04. The first kappa shape index (κ1) is 18.9. The molecule has 0 fully saturated rings. The third kappa shape index (κ3) is 3.41. The number of aryl methyl sites for hydroxylation is 1. The second-order valence-corrected chi connectivity index (χ2v) is 7.16. The molecule has 1 aromatic carbocycles. The van der Waals surface area contributed by atoms with Crippen LogP contribution in [0.15, 0.2) is 34.7 Å². The summed E-state index contributed by atoms with van der Waals surface area (Å²) in [7, 11) is 1.62. The van der Waals surface area contributed by atoms with Gasteiger partial charge in [0.15, 0.2) is 5.69 Å². The van der Waals surface area contributed by atoms with Crippen molar-refractivity contribution in [3.8, 4) is 5.69 Å². The van der Waals surface area contributed by atoms with Crippen molar-refractivity contribution >= 4 is 11.9 Å². The van der Waals surface area contributed by atoms with Crippen molar-refractivity contribution in [3.63, 3.8) is 0 Å². The number of carboxylic acids is 1. The van der Waals surface area contributed by atoms with Crippen molar-refractivity contribution in [1.82, 2.24) is 14.7 Å². The van der Waals surface area contributed by atoms with E-state index < -0.39 is 5.97 Å². The van der Waals surface area contributed by atoms with Gasteiger partial charge in [0.2, 0.25) is 0 Å². The Kier molecular flexibility index (Phi) is 4.70. The number of amides is 1. The van der Waals surface area contributed by atoms with Crippen LogP contribution in [0.1, 0.15) is 50.0 Å². The molecule has 0 saturated heterocycles. The average molecular weight is 397 g/mol. The third-order valence-electron chi connectivity index (χ3n) is 5.14. The fraction of sp³-hybridized carbons (Fsp3) is 0.286. The number of hydrogen-bond donors (Lipinski definition) is 1. The highest BCUT2D eigenvalue weighted by Gasteiger charge is 2.29. The van der Waals surface area contributed by atoms with Crippen molar-refractivity contribution < 1.29 is 23.5 Å². The summed E-state index contributed by atoms with van der Waals surface area (Å²) in [6.45, 7) is 1.71. The standard InChI is InChI=1S/C21H20FN3O4/c1-12-17(21(27)28)10-15(29-12)11-24(2)20(26)19-16-4-3-5-18(16)25(23-19)14-8-6-13(22)7-9-14/h6-10H,3-5,11H2,1-2H3,(H,27,28). The molecule has 150 valence electrons. The number of nitrogens with zero attached hydrogens (tertiary/aromatic N) is 3. The van der Waals surface area contributed by atoms with Crippen LogP contribution in [0.2, 0.25) is 0 Å². The second kappa shape index (κ2) is 7.20. The summed E-state index contributed by atoms with van der Waals surface area (Å²) < 4.78 is 20.5. The van der Waals surface area contributed by atoms with Gasteiger partial charge in [0.25, 0.3) is 5.91 Å². The van der Waals surface area contributed by atoms with Gasteiger partial charge in [-0.3, -0.25) is 4.79 Å². The number of carboxylic acid groups (broad SMARTS) is 1. The quantitative estimate of drug-likeness (QED) is 0.713. The lowest BCUT2D eigenvalue weighted by atomic mass is 10.2. The first-order valence-corrected chi connectivity index (χ1v) is 9.30. The predicted molar refractivity (Wildman–Crippen MR) is 102 cm³/mol. The summed E-state index contributed by atoms with van der Waals surface area (Å²) in [5, 5.41) is 13.7. The number of halogens is 1. The van der Waals surface area contributed by atoms with Gasteiger partial charge >= 0.3 is 5.97 Å². The fourth-order valence-corrected chi connectivity index (χ4v) is 3.73. The van der Waals surface area contributed by atoms with Crippen molar-refractivity contribution in [2.75, 3.05) is 7.05 Å². The maximum atomic E-state index is 13.3. The Morgan fingerprint density at radius 3 is 2.66 bits per heavy atom. The average Bonchev–Trinajstić information content (AvgIpc) is 3.37. The number of rotatable bonds is 5. The molecule has 0 radical (unpaired) electrons. The summed E-state index contributed by atoms with van der Waals surface area (Å²) in [6.07, 6.45) is 2.49. The van der Waals surface area contributed by atoms with E-state index in [1.165, 1.54) is 23.1 Å². The van der Waals surface area contributed by atoms with Gasteiger partial charge in [0, 0.05) is 18.3 Å². The number of benzene rings is 1. The Balaban J connectivity index is 1.62. The van der Waals surface area contributed by atoms with Gasteiger partial charge in [-0.1, -0.05) is 0 Å². The molecule has 1 aliphatic carbocycles. The van der Waals surface area contributed by atoms with Gasteiger partial charge in [0.05, 0.1) is 12.2 Å². The van der Waals surface area contributed by atoms with E-state index in [9.17, 15) is 14.0 Å². The zero-order valence-electron chi connectivity index (χ0n) is 16.1. The lowest BCUT2D eigenvalue weighted by Crippen LogP contribution is -2.27. The number of fused-ring (bicyclic) bond motifs is 1. The van der Waals surface area contributed by atoms with Crippen LogP contribution < -0.4 is 0 Å². The Morgan fingerprint density at radius 1 is 1.28 bits per heavy atom. The highest BCUT2D eigenvalue weighted by atomic mass is 19.1. The summed E-state index contributed by atoms with van der Waals surface area (Å²) in [5.74, 6) is -0.972. The fourth-order valence-electron chi connectivity index (χ4n) is 3.73. The molecule has 4 rings (SSSR count). The molecule has 0 unspecified atom stereocenters. The first-order valence-electron chi connectivity index (χ1n) is 9.30. The minimum absolute atomic E-state index is 0.0855. The monoisotopic (exact) mass is 397 g/mol. The van der Waals surface area contributed by atoms with Crippen molar-refractivity contribution in [3.05, 3.63) is 70.2 Å². The molecule has 1 aliphatic rings. The summed E-state index contributed by atoms with van der Waals surface area (Å²) in [4.78, 5) is 25.7. The van der Waals surface area contributed by atoms with Gasteiger partial charge in [-0.05, 0) is 56.5 Å². The van der Waals surface area contributed by atoms with Crippen molar-refractivity contribution in [2.24, 2.45) is 0 Å². The van der Waals surface area contributed by atoms with Crippen molar-refractivity contribution in [1.29, 1.82) is 0 Å². The van der Waals surface area contributed by atoms with E-state index in [0.717, 1.165) is 30.5 Å². The number of hydrogen-bond acceptors (Lipinski definition) is 4. The largest absolute Gasteiger partial charge is 0.478 e. The van der Waals surface area contributed by atoms with Gasteiger partial charge in [-0.15, -0.1) is 0 Å². The molecular weight excluding hydrogens is 377 g/mol. The van der Waals surface area contributed by atoms with E-state index in [1.807, 2.05) is 0 Å². The molecule has 1 N–H and O–H groups in total.